The third-order valence-corrected chi connectivity index (χ3v) is 1.66. The lowest BCUT2D eigenvalue weighted by atomic mass is 10.3. The Morgan fingerprint density at radius 3 is 2.64 bits per heavy atom. The summed E-state index contributed by atoms with van der Waals surface area (Å²) in [6.07, 6.45) is 0. The Bertz CT molecular complexity index is 176. The topological polar surface area (TPSA) is 44.1 Å². The van der Waals surface area contributed by atoms with Gasteiger partial charge in [0.1, 0.15) is 11.9 Å². The van der Waals surface area contributed by atoms with Crippen LogP contribution in [0.25, 0.3) is 0 Å². The van der Waals surface area contributed by atoms with Crippen LogP contribution < -0.4 is 0 Å². The van der Waals surface area contributed by atoms with E-state index in [1.807, 2.05) is 13.0 Å². The molecule has 0 aromatic carbocycles. The first-order chi connectivity index (χ1) is 5.17. The fourth-order valence-electron chi connectivity index (χ4n) is 0.813. The summed E-state index contributed by atoms with van der Waals surface area (Å²) < 4.78 is 0. The summed E-state index contributed by atoms with van der Waals surface area (Å²) in [6.45, 7) is 4.02. The number of hydrogen-bond donors (Lipinski definition) is 0. The third kappa shape index (κ3) is 2.77. The molecule has 0 saturated heterocycles. The van der Waals surface area contributed by atoms with Crippen LogP contribution in [-0.4, -0.2) is 29.3 Å². The predicted molar refractivity (Wildman–Crippen MR) is 43.2 cm³/mol. The summed E-state index contributed by atoms with van der Waals surface area (Å²) in [4.78, 5) is 12.4. The van der Waals surface area contributed by atoms with Crippen LogP contribution in [0, 0.1) is 11.3 Å². The molecule has 0 radical (unpaired) electrons. The Kier molecular flexibility index (Phi) is 4.64. The van der Waals surface area contributed by atoms with E-state index < -0.39 is 0 Å². The molecule has 1 unspecified atom stereocenters. The molecule has 0 aliphatic carbocycles. The van der Waals surface area contributed by atoms with Crippen LogP contribution >= 0.6 is 11.6 Å². The van der Waals surface area contributed by atoms with E-state index in [0.717, 1.165) is 0 Å². The Labute approximate surface area is 71.5 Å². The molecule has 0 aromatic heterocycles. The van der Waals surface area contributed by atoms with Crippen molar-refractivity contribution in [2.75, 3.05) is 12.4 Å². The lowest BCUT2D eigenvalue weighted by Gasteiger charge is -2.21. The molecule has 0 aliphatic rings. The standard InChI is InChI=1S/C7H11ClN2O/c1-3-10(6(2)5-9)7(11)4-8/h6H,3-4H2,1-2H3. The normalized spacial score (nSPS) is 11.8. The van der Waals surface area contributed by atoms with Gasteiger partial charge in [-0.15, -0.1) is 11.6 Å². The first-order valence-corrected chi connectivity index (χ1v) is 3.95. The van der Waals surface area contributed by atoms with E-state index in [4.69, 9.17) is 16.9 Å². The summed E-state index contributed by atoms with van der Waals surface area (Å²) >= 11 is 5.33. The fraction of sp³-hybridized carbons (Fsp3) is 0.714. The van der Waals surface area contributed by atoms with Crippen molar-refractivity contribution in [3.05, 3.63) is 0 Å². The van der Waals surface area contributed by atoms with Crippen molar-refractivity contribution in [1.29, 1.82) is 5.26 Å². The van der Waals surface area contributed by atoms with Crippen molar-refractivity contribution < 1.29 is 4.79 Å². The van der Waals surface area contributed by atoms with Gasteiger partial charge in [-0.05, 0) is 13.8 Å². The molecule has 0 saturated carbocycles. The van der Waals surface area contributed by atoms with E-state index >= 15 is 0 Å². The number of halogens is 1. The van der Waals surface area contributed by atoms with E-state index in [1.54, 1.807) is 6.92 Å². The molecular formula is C7H11ClN2O. The maximum atomic E-state index is 11.0. The lowest BCUT2D eigenvalue weighted by Crippen LogP contribution is -2.38. The van der Waals surface area contributed by atoms with E-state index in [2.05, 4.69) is 0 Å². The molecule has 4 heteroatoms. The second kappa shape index (κ2) is 4.97. The highest BCUT2D eigenvalue weighted by molar-refractivity contribution is 6.27. The zero-order valence-corrected chi connectivity index (χ0v) is 7.43. The number of alkyl halides is 1. The SMILES string of the molecule is CCN(C(=O)CCl)C(C)C#N. The average Bonchev–Trinajstić information content (AvgIpc) is 2.05. The second-order valence-corrected chi connectivity index (χ2v) is 2.39. The lowest BCUT2D eigenvalue weighted by molar-refractivity contribution is -0.129. The molecule has 0 aromatic rings. The number of amides is 1. The summed E-state index contributed by atoms with van der Waals surface area (Å²) in [5.74, 6) is -0.247. The number of carbonyl (C=O) groups is 1. The van der Waals surface area contributed by atoms with Gasteiger partial charge in [-0.1, -0.05) is 0 Å². The van der Waals surface area contributed by atoms with Crippen molar-refractivity contribution in [2.24, 2.45) is 0 Å². The zero-order chi connectivity index (χ0) is 8.85. The minimum absolute atomic E-state index is 0.0557. The number of hydrogen-bond acceptors (Lipinski definition) is 2. The van der Waals surface area contributed by atoms with Gasteiger partial charge in [-0.3, -0.25) is 4.79 Å². The van der Waals surface area contributed by atoms with Gasteiger partial charge in [0.2, 0.25) is 5.91 Å². The maximum absolute atomic E-state index is 11.0. The van der Waals surface area contributed by atoms with Crippen LogP contribution in [0.3, 0.4) is 0 Å². The molecule has 0 bridgehead atoms. The minimum Gasteiger partial charge on any atom is -0.326 e. The van der Waals surface area contributed by atoms with Crippen LogP contribution in [0.1, 0.15) is 13.8 Å². The first kappa shape index (κ1) is 10.2. The van der Waals surface area contributed by atoms with Crippen molar-refractivity contribution in [3.8, 4) is 6.07 Å². The summed E-state index contributed by atoms with van der Waals surface area (Å²) in [7, 11) is 0. The quantitative estimate of drug-likeness (QED) is 0.599. The molecule has 62 valence electrons. The number of rotatable bonds is 3. The summed E-state index contributed by atoms with van der Waals surface area (Å²) in [5, 5.41) is 8.49. The second-order valence-electron chi connectivity index (χ2n) is 2.12. The van der Waals surface area contributed by atoms with Crippen molar-refractivity contribution in [3.63, 3.8) is 0 Å². The number of carbonyl (C=O) groups excluding carboxylic acids is 1. The van der Waals surface area contributed by atoms with Crippen molar-refractivity contribution in [2.45, 2.75) is 19.9 Å². The molecule has 0 spiro atoms. The molecule has 1 atom stereocenters. The molecule has 0 N–H and O–H groups in total. The molecular weight excluding hydrogens is 164 g/mol. The van der Waals surface area contributed by atoms with E-state index in [0.29, 0.717) is 6.54 Å². The van der Waals surface area contributed by atoms with Gasteiger partial charge < -0.3 is 4.90 Å². The fourth-order valence-corrected chi connectivity index (χ4v) is 0.966. The van der Waals surface area contributed by atoms with Crippen molar-refractivity contribution in [1.82, 2.24) is 4.90 Å². The van der Waals surface area contributed by atoms with E-state index in [-0.39, 0.29) is 17.8 Å². The van der Waals surface area contributed by atoms with Gasteiger partial charge in [0.05, 0.1) is 6.07 Å². The Morgan fingerprint density at radius 2 is 2.36 bits per heavy atom. The molecule has 0 heterocycles. The van der Waals surface area contributed by atoms with Gasteiger partial charge in [0, 0.05) is 6.54 Å². The first-order valence-electron chi connectivity index (χ1n) is 3.42. The molecule has 11 heavy (non-hydrogen) atoms. The molecule has 1 amide bonds. The zero-order valence-electron chi connectivity index (χ0n) is 6.67. The summed E-state index contributed by atoms with van der Waals surface area (Å²) in [5.41, 5.74) is 0. The van der Waals surface area contributed by atoms with Crippen LogP contribution in [0.15, 0.2) is 0 Å². The van der Waals surface area contributed by atoms with Crippen LogP contribution in [0.4, 0.5) is 0 Å². The van der Waals surface area contributed by atoms with Gasteiger partial charge in [-0.2, -0.15) is 5.26 Å². The molecule has 0 aliphatic heterocycles. The minimum atomic E-state index is -0.383. The average molecular weight is 175 g/mol. The summed E-state index contributed by atoms with van der Waals surface area (Å²) in [6, 6.07) is 1.59. The third-order valence-electron chi connectivity index (χ3n) is 1.43. The van der Waals surface area contributed by atoms with E-state index in [9.17, 15) is 4.79 Å². The molecule has 3 nitrogen and oxygen atoms in total. The highest BCUT2D eigenvalue weighted by Crippen LogP contribution is 1.98. The van der Waals surface area contributed by atoms with E-state index in [1.165, 1.54) is 4.90 Å². The van der Waals surface area contributed by atoms with Gasteiger partial charge >= 0.3 is 0 Å². The largest absolute Gasteiger partial charge is 0.326 e. The van der Waals surface area contributed by atoms with Crippen molar-refractivity contribution >= 4 is 17.5 Å². The van der Waals surface area contributed by atoms with Gasteiger partial charge in [0.25, 0.3) is 0 Å². The highest BCUT2D eigenvalue weighted by Gasteiger charge is 2.15. The van der Waals surface area contributed by atoms with Gasteiger partial charge in [-0.25, -0.2) is 0 Å². The maximum Gasteiger partial charge on any atom is 0.238 e. The van der Waals surface area contributed by atoms with Crippen LogP contribution in [0.5, 0.6) is 0 Å². The number of nitrogens with zero attached hydrogens (tertiary/aromatic N) is 2. The van der Waals surface area contributed by atoms with Crippen LogP contribution in [0.2, 0.25) is 0 Å². The molecule has 0 fully saturated rings. The Morgan fingerprint density at radius 1 is 1.82 bits per heavy atom. The Hall–Kier alpha value is -0.750. The Balaban J connectivity index is 4.18. The van der Waals surface area contributed by atoms with Crippen LogP contribution in [-0.2, 0) is 4.79 Å². The van der Waals surface area contributed by atoms with Gasteiger partial charge in [0.15, 0.2) is 0 Å². The monoisotopic (exact) mass is 174 g/mol. The smallest absolute Gasteiger partial charge is 0.238 e. The molecule has 0 rings (SSSR count). The predicted octanol–water partition coefficient (Wildman–Crippen LogP) is 0.986. The highest BCUT2D eigenvalue weighted by atomic mass is 35.5. The number of nitriles is 1.